The molecule has 1 aliphatic heterocycles. The molecule has 0 aliphatic carbocycles. The Hall–Kier alpha value is -2.33. The van der Waals surface area contributed by atoms with E-state index in [9.17, 15) is 18.5 Å². The van der Waals surface area contributed by atoms with E-state index in [0.717, 1.165) is 24.7 Å². The molecule has 0 unspecified atom stereocenters. The Balaban J connectivity index is 1.94. The minimum absolute atomic E-state index is 0.0629. The van der Waals surface area contributed by atoms with Crippen LogP contribution >= 0.6 is 0 Å². The average Bonchev–Trinajstić information content (AvgIpc) is 2.70. The van der Waals surface area contributed by atoms with E-state index in [0.29, 0.717) is 30.9 Å². The van der Waals surface area contributed by atoms with Crippen molar-refractivity contribution in [1.82, 2.24) is 9.62 Å². The standard InChI is InChI=1S/C20H25N3O5S/c1-15-12-18(23(24)25)13-20(16(15)2)29(26,27)21-19(17-6-4-3-5-7-17)14-22-8-10-28-11-9-22/h3-7,12-13,19,21H,8-11,14H2,1-2H3/t19-/m1/s1. The summed E-state index contributed by atoms with van der Waals surface area (Å²) in [5, 5.41) is 11.2. The number of nitro groups is 1. The van der Waals surface area contributed by atoms with Gasteiger partial charge < -0.3 is 4.74 Å². The first kappa shape index (κ1) is 21.4. The summed E-state index contributed by atoms with van der Waals surface area (Å²) in [6, 6.07) is 11.4. The fourth-order valence-electron chi connectivity index (χ4n) is 3.38. The zero-order valence-corrected chi connectivity index (χ0v) is 17.3. The second kappa shape index (κ2) is 9.00. The lowest BCUT2D eigenvalue weighted by atomic mass is 10.1. The van der Waals surface area contributed by atoms with Crippen LogP contribution in [0.2, 0.25) is 0 Å². The van der Waals surface area contributed by atoms with E-state index in [1.807, 2.05) is 30.3 Å². The molecule has 0 amide bonds. The lowest BCUT2D eigenvalue weighted by Crippen LogP contribution is -2.43. The van der Waals surface area contributed by atoms with Gasteiger partial charge in [0, 0.05) is 31.8 Å². The van der Waals surface area contributed by atoms with Gasteiger partial charge in [0.05, 0.1) is 29.1 Å². The number of hydrogen-bond acceptors (Lipinski definition) is 6. The molecule has 1 atom stereocenters. The van der Waals surface area contributed by atoms with E-state index in [1.54, 1.807) is 13.8 Å². The van der Waals surface area contributed by atoms with E-state index < -0.39 is 21.0 Å². The molecule has 2 aromatic carbocycles. The number of sulfonamides is 1. The number of ether oxygens (including phenoxy) is 1. The van der Waals surface area contributed by atoms with E-state index >= 15 is 0 Å². The predicted molar refractivity (Wildman–Crippen MR) is 109 cm³/mol. The smallest absolute Gasteiger partial charge is 0.271 e. The number of benzene rings is 2. The van der Waals surface area contributed by atoms with Crippen LogP contribution in [0.1, 0.15) is 22.7 Å². The quantitative estimate of drug-likeness (QED) is 0.547. The van der Waals surface area contributed by atoms with Crippen LogP contribution in [0.5, 0.6) is 0 Å². The Bertz CT molecular complexity index is 973. The van der Waals surface area contributed by atoms with Crippen molar-refractivity contribution in [3.63, 3.8) is 0 Å². The van der Waals surface area contributed by atoms with E-state index in [2.05, 4.69) is 9.62 Å². The molecule has 29 heavy (non-hydrogen) atoms. The number of nitrogens with one attached hydrogen (secondary N) is 1. The molecule has 0 radical (unpaired) electrons. The minimum Gasteiger partial charge on any atom is -0.379 e. The molecule has 3 rings (SSSR count). The highest BCUT2D eigenvalue weighted by Crippen LogP contribution is 2.27. The van der Waals surface area contributed by atoms with Crippen LogP contribution in [0.25, 0.3) is 0 Å². The molecule has 9 heteroatoms. The topological polar surface area (TPSA) is 102 Å². The third kappa shape index (κ3) is 5.18. The summed E-state index contributed by atoms with van der Waals surface area (Å²) in [6.45, 7) is 6.48. The van der Waals surface area contributed by atoms with Crippen molar-refractivity contribution in [3.8, 4) is 0 Å². The summed E-state index contributed by atoms with van der Waals surface area (Å²) >= 11 is 0. The van der Waals surface area contributed by atoms with E-state index in [4.69, 9.17) is 4.74 Å². The van der Waals surface area contributed by atoms with Crippen LogP contribution < -0.4 is 4.72 Å². The van der Waals surface area contributed by atoms with Crippen molar-refractivity contribution < 1.29 is 18.1 Å². The van der Waals surface area contributed by atoms with Crippen LogP contribution in [0.4, 0.5) is 5.69 Å². The van der Waals surface area contributed by atoms with Gasteiger partial charge in [0.2, 0.25) is 10.0 Å². The zero-order valence-electron chi connectivity index (χ0n) is 16.5. The number of morpholine rings is 1. The molecule has 0 bridgehead atoms. The first-order valence-corrected chi connectivity index (χ1v) is 10.9. The number of nitrogens with zero attached hydrogens (tertiary/aromatic N) is 2. The fourth-order valence-corrected chi connectivity index (χ4v) is 4.93. The summed E-state index contributed by atoms with van der Waals surface area (Å²) in [5.74, 6) is 0. The predicted octanol–water partition coefficient (Wildman–Crippen LogP) is 2.56. The first-order valence-electron chi connectivity index (χ1n) is 9.41. The highest BCUT2D eigenvalue weighted by Gasteiger charge is 2.27. The number of non-ortho nitro benzene ring substituents is 1. The van der Waals surface area contributed by atoms with Gasteiger partial charge in [-0.1, -0.05) is 30.3 Å². The molecule has 8 nitrogen and oxygen atoms in total. The number of rotatable bonds is 7. The minimum atomic E-state index is -3.98. The molecule has 156 valence electrons. The zero-order chi connectivity index (χ0) is 21.0. The third-order valence-corrected chi connectivity index (χ3v) is 6.75. The van der Waals surface area contributed by atoms with Crippen LogP contribution in [0.3, 0.4) is 0 Å². The van der Waals surface area contributed by atoms with Crippen LogP contribution in [0, 0.1) is 24.0 Å². The summed E-state index contributed by atoms with van der Waals surface area (Å²) < 4.78 is 34.6. The van der Waals surface area contributed by atoms with Crippen molar-refractivity contribution in [1.29, 1.82) is 0 Å². The van der Waals surface area contributed by atoms with Crippen molar-refractivity contribution in [2.24, 2.45) is 0 Å². The maximum Gasteiger partial charge on any atom is 0.271 e. The van der Waals surface area contributed by atoms with Gasteiger partial charge in [-0.2, -0.15) is 0 Å². The maximum absolute atomic E-state index is 13.2. The summed E-state index contributed by atoms with van der Waals surface area (Å²) in [6.07, 6.45) is 0. The van der Waals surface area contributed by atoms with Crippen LogP contribution in [0.15, 0.2) is 47.4 Å². The van der Waals surface area contributed by atoms with Gasteiger partial charge in [0.25, 0.3) is 5.69 Å². The van der Waals surface area contributed by atoms with Gasteiger partial charge in [-0.15, -0.1) is 0 Å². The number of nitro benzene ring substituents is 1. The maximum atomic E-state index is 13.2. The lowest BCUT2D eigenvalue weighted by Gasteiger charge is -2.31. The third-order valence-electron chi connectivity index (χ3n) is 5.15. The van der Waals surface area contributed by atoms with Crippen molar-refractivity contribution in [3.05, 3.63) is 69.3 Å². The molecule has 1 heterocycles. The van der Waals surface area contributed by atoms with Crippen molar-refractivity contribution in [2.45, 2.75) is 24.8 Å². The SMILES string of the molecule is Cc1cc([N+](=O)[O-])cc(S(=O)(=O)N[C@H](CN2CCOCC2)c2ccccc2)c1C. The van der Waals surface area contributed by atoms with E-state index in [1.165, 1.54) is 6.07 Å². The first-order chi connectivity index (χ1) is 13.8. The molecule has 1 saturated heterocycles. The van der Waals surface area contributed by atoms with E-state index in [-0.39, 0.29) is 10.6 Å². The normalized spacial score (nSPS) is 16.5. The highest BCUT2D eigenvalue weighted by atomic mass is 32.2. The number of hydrogen-bond donors (Lipinski definition) is 1. The van der Waals surface area contributed by atoms with Gasteiger partial charge >= 0.3 is 0 Å². The molecule has 1 aliphatic rings. The van der Waals surface area contributed by atoms with Gasteiger partial charge in [-0.3, -0.25) is 15.0 Å². The molecule has 2 aromatic rings. The van der Waals surface area contributed by atoms with Crippen molar-refractivity contribution in [2.75, 3.05) is 32.8 Å². The molecule has 1 N–H and O–H groups in total. The lowest BCUT2D eigenvalue weighted by molar-refractivity contribution is -0.385. The second-order valence-electron chi connectivity index (χ2n) is 7.14. The van der Waals surface area contributed by atoms with Gasteiger partial charge in [-0.05, 0) is 30.5 Å². The molecule has 0 saturated carbocycles. The molecule has 0 spiro atoms. The van der Waals surface area contributed by atoms with Gasteiger partial charge in [0.15, 0.2) is 0 Å². The Morgan fingerprint density at radius 2 is 1.83 bits per heavy atom. The number of aryl methyl sites for hydroxylation is 1. The van der Waals surface area contributed by atoms with Gasteiger partial charge in [-0.25, -0.2) is 13.1 Å². The molecular weight excluding hydrogens is 394 g/mol. The Labute approximate surface area is 170 Å². The van der Waals surface area contributed by atoms with Crippen LogP contribution in [-0.2, 0) is 14.8 Å². The molecule has 1 fully saturated rings. The second-order valence-corrected chi connectivity index (χ2v) is 8.82. The Morgan fingerprint density at radius 1 is 1.17 bits per heavy atom. The monoisotopic (exact) mass is 419 g/mol. The highest BCUT2D eigenvalue weighted by molar-refractivity contribution is 7.89. The summed E-state index contributed by atoms with van der Waals surface area (Å²) in [5.41, 5.74) is 1.66. The Morgan fingerprint density at radius 3 is 2.45 bits per heavy atom. The molecule has 0 aromatic heterocycles. The van der Waals surface area contributed by atoms with Gasteiger partial charge in [0.1, 0.15) is 0 Å². The molecular formula is C20H25N3O5S. The average molecular weight is 420 g/mol. The fraction of sp³-hybridized carbons (Fsp3) is 0.400. The summed E-state index contributed by atoms with van der Waals surface area (Å²) in [7, 11) is -3.98. The van der Waals surface area contributed by atoms with Crippen molar-refractivity contribution >= 4 is 15.7 Å². The van der Waals surface area contributed by atoms with Crippen LogP contribution in [-0.4, -0.2) is 51.1 Å². The largest absolute Gasteiger partial charge is 0.379 e. The Kier molecular flexibility index (Phi) is 6.63. The summed E-state index contributed by atoms with van der Waals surface area (Å²) in [4.78, 5) is 12.7.